The smallest absolute Gasteiger partial charge is 0.230 e. The molecular formula is C14H15N3OS. The summed E-state index contributed by atoms with van der Waals surface area (Å²) in [6, 6.07) is 7.92. The van der Waals surface area contributed by atoms with Gasteiger partial charge in [0.2, 0.25) is 11.0 Å². The summed E-state index contributed by atoms with van der Waals surface area (Å²) >= 11 is 1.49. The number of nitrogens with zero attached hydrogens (tertiary/aromatic N) is 2. The molecule has 0 unspecified atom stereocenters. The number of hydrogen-bond donors (Lipinski definition) is 1. The first-order valence-electron chi connectivity index (χ1n) is 6.40. The van der Waals surface area contributed by atoms with Gasteiger partial charge in [-0.15, -0.1) is 10.2 Å². The van der Waals surface area contributed by atoms with Gasteiger partial charge in [0.05, 0.1) is 6.42 Å². The van der Waals surface area contributed by atoms with Gasteiger partial charge < -0.3 is 5.32 Å². The summed E-state index contributed by atoms with van der Waals surface area (Å²) in [6.45, 7) is 2.01. The van der Waals surface area contributed by atoms with Gasteiger partial charge in [-0.2, -0.15) is 0 Å². The molecule has 0 atom stereocenters. The molecule has 1 amide bonds. The van der Waals surface area contributed by atoms with Crippen LogP contribution in [0.4, 0.5) is 5.13 Å². The van der Waals surface area contributed by atoms with Crippen LogP contribution in [0.5, 0.6) is 0 Å². The van der Waals surface area contributed by atoms with Crippen molar-refractivity contribution in [3.63, 3.8) is 0 Å². The van der Waals surface area contributed by atoms with Crippen molar-refractivity contribution in [2.75, 3.05) is 5.32 Å². The molecule has 4 nitrogen and oxygen atoms in total. The number of anilines is 1. The van der Waals surface area contributed by atoms with Gasteiger partial charge in [0, 0.05) is 5.92 Å². The highest BCUT2D eigenvalue weighted by atomic mass is 32.1. The molecule has 0 bridgehead atoms. The summed E-state index contributed by atoms with van der Waals surface area (Å²) in [4.78, 5) is 12.0. The molecule has 19 heavy (non-hydrogen) atoms. The standard InChI is InChI=1S/C14H15N3OS/c1-9-4-2-3-5-11(9)8-12(18)15-14-17-16-13(19-14)10-6-7-10/h2-5,10H,6-8H2,1H3,(H,15,17,18). The van der Waals surface area contributed by atoms with Crippen molar-refractivity contribution in [3.05, 3.63) is 40.4 Å². The Morgan fingerprint density at radius 2 is 2.16 bits per heavy atom. The van der Waals surface area contributed by atoms with Crippen LogP contribution in [-0.4, -0.2) is 16.1 Å². The summed E-state index contributed by atoms with van der Waals surface area (Å²) in [5.74, 6) is 0.548. The van der Waals surface area contributed by atoms with Gasteiger partial charge in [-0.1, -0.05) is 35.6 Å². The van der Waals surface area contributed by atoms with Gasteiger partial charge in [0.15, 0.2) is 0 Å². The van der Waals surface area contributed by atoms with Crippen molar-refractivity contribution in [1.29, 1.82) is 0 Å². The van der Waals surface area contributed by atoms with E-state index in [0.29, 0.717) is 17.5 Å². The Labute approximate surface area is 115 Å². The maximum Gasteiger partial charge on any atom is 0.230 e. The third-order valence-electron chi connectivity index (χ3n) is 3.23. The summed E-state index contributed by atoms with van der Waals surface area (Å²) in [5, 5.41) is 12.6. The second kappa shape index (κ2) is 5.09. The number of amides is 1. The normalized spacial score (nSPS) is 14.4. The van der Waals surface area contributed by atoms with Crippen LogP contribution < -0.4 is 5.32 Å². The molecule has 1 fully saturated rings. The first kappa shape index (κ1) is 12.3. The van der Waals surface area contributed by atoms with E-state index in [-0.39, 0.29) is 5.91 Å². The van der Waals surface area contributed by atoms with Gasteiger partial charge in [-0.05, 0) is 30.9 Å². The number of hydrogen-bond acceptors (Lipinski definition) is 4. The molecule has 3 rings (SSSR count). The second-order valence-corrected chi connectivity index (χ2v) is 5.88. The topological polar surface area (TPSA) is 54.9 Å². The first-order chi connectivity index (χ1) is 9.22. The molecule has 0 saturated heterocycles. The summed E-state index contributed by atoms with van der Waals surface area (Å²) in [5.41, 5.74) is 2.18. The van der Waals surface area contributed by atoms with Crippen molar-refractivity contribution < 1.29 is 4.79 Å². The Kier molecular flexibility index (Phi) is 3.29. The molecule has 1 aromatic heterocycles. The van der Waals surface area contributed by atoms with Crippen LogP contribution >= 0.6 is 11.3 Å². The number of aromatic nitrogens is 2. The van der Waals surface area contributed by atoms with Crippen molar-refractivity contribution in [1.82, 2.24) is 10.2 Å². The van der Waals surface area contributed by atoms with Crippen LogP contribution in [0.25, 0.3) is 0 Å². The van der Waals surface area contributed by atoms with Gasteiger partial charge in [-0.25, -0.2) is 0 Å². The average molecular weight is 273 g/mol. The third kappa shape index (κ3) is 2.98. The first-order valence-corrected chi connectivity index (χ1v) is 7.22. The van der Waals surface area contributed by atoms with E-state index >= 15 is 0 Å². The molecule has 98 valence electrons. The molecule has 1 aliphatic rings. The molecule has 1 N–H and O–H groups in total. The van der Waals surface area contributed by atoms with E-state index in [4.69, 9.17) is 0 Å². The number of rotatable bonds is 4. The lowest BCUT2D eigenvalue weighted by Gasteiger charge is -2.04. The van der Waals surface area contributed by atoms with E-state index in [1.807, 2.05) is 31.2 Å². The van der Waals surface area contributed by atoms with Gasteiger partial charge in [-0.3, -0.25) is 4.79 Å². The number of carbonyl (C=O) groups is 1. The molecule has 1 heterocycles. The van der Waals surface area contributed by atoms with E-state index in [9.17, 15) is 4.79 Å². The largest absolute Gasteiger partial charge is 0.300 e. The lowest BCUT2D eigenvalue weighted by atomic mass is 10.1. The number of nitrogens with one attached hydrogen (secondary N) is 1. The predicted molar refractivity (Wildman–Crippen MR) is 75.4 cm³/mol. The maximum absolute atomic E-state index is 12.0. The monoisotopic (exact) mass is 273 g/mol. The molecule has 0 radical (unpaired) electrons. The van der Waals surface area contributed by atoms with E-state index in [2.05, 4.69) is 15.5 Å². The van der Waals surface area contributed by atoms with Gasteiger partial charge >= 0.3 is 0 Å². The highest BCUT2D eigenvalue weighted by Gasteiger charge is 2.27. The van der Waals surface area contributed by atoms with Crippen LogP contribution in [0.15, 0.2) is 24.3 Å². The Balaban J connectivity index is 1.62. The Bertz CT molecular complexity index is 604. The molecule has 0 aliphatic heterocycles. The molecular weight excluding hydrogens is 258 g/mol. The molecule has 2 aromatic rings. The Hall–Kier alpha value is -1.75. The average Bonchev–Trinajstić information content (AvgIpc) is 3.14. The zero-order valence-electron chi connectivity index (χ0n) is 10.7. The second-order valence-electron chi connectivity index (χ2n) is 4.87. The fraction of sp³-hybridized carbons (Fsp3) is 0.357. The number of benzene rings is 1. The van der Waals surface area contributed by atoms with Gasteiger partial charge in [0.25, 0.3) is 0 Å². The zero-order valence-corrected chi connectivity index (χ0v) is 11.5. The van der Waals surface area contributed by atoms with Crippen LogP contribution in [0, 0.1) is 6.92 Å². The summed E-state index contributed by atoms with van der Waals surface area (Å²) in [6.07, 6.45) is 2.78. The lowest BCUT2D eigenvalue weighted by Crippen LogP contribution is -2.14. The number of aryl methyl sites for hydroxylation is 1. The minimum absolute atomic E-state index is 0.0344. The predicted octanol–water partition coefficient (Wildman–Crippen LogP) is 2.91. The summed E-state index contributed by atoms with van der Waals surface area (Å²) < 4.78 is 0. The Morgan fingerprint density at radius 3 is 2.89 bits per heavy atom. The van der Waals surface area contributed by atoms with E-state index in [0.717, 1.165) is 16.1 Å². The highest BCUT2D eigenvalue weighted by Crippen LogP contribution is 2.42. The van der Waals surface area contributed by atoms with Crippen molar-refractivity contribution in [3.8, 4) is 0 Å². The summed E-state index contributed by atoms with van der Waals surface area (Å²) in [7, 11) is 0. The minimum atomic E-state index is -0.0344. The lowest BCUT2D eigenvalue weighted by molar-refractivity contribution is -0.115. The van der Waals surface area contributed by atoms with Crippen LogP contribution in [0.2, 0.25) is 0 Å². The molecule has 1 aromatic carbocycles. The van der Waals surface area contributed by atoms with Crippen LogP contribution in [0.3, 0.4) is 0 Å². The Morgan fingerprint density at radius 1 is 1.37 bits per heavy atom. The number of carbonyl (C=O) groups excluding carboxylic acids is 1. The zero-order chi connectivity index (χ0) is 13.2. The molecule has 5 heteroatoms. The molecule has 0 spiro atoms. The quantitative estimate of drug-likeness (QED) is 0.932. The van der Waals surface area contributed by atoms with E-state index in [1.54, 1.807) is 0 Å². The van der Waals surface area contributed by atoms with E-state index in [1.165, 1.54) is 24.2 Å². The highest BCUT2D eigenvalue weighted by molar-refractivity contribution is 7.15. The molecule has 1 saturated carbocycles. The van der Waals surface area contributed by atoms with Crippen LogP contribution in [0.1, 0.15) is 34.9 Å². The van der Waals surface area contributed by atoms with E-state index < -0.39 is 0 Å². The third-order valence-corrected chi connectivity index (χ3v) is 4.23. The van der Waals surface area contributed by atoms with Crippen LogP contribution in [-0.2, 0) is 11.2 Å². The minimum Gasteiger partial charge on any atom is -0.300 e. The SMILES string of the molecule is Cc1ccccc1CC(=O)Nc1nnc(C2CC2)s1. The van der Waals surface area contributed by atoms with Crippen molar-refractivity contribution >= 4 is 22.4 Å². The van der Waals surface area contributed by atoms with Crippen molar-refractivity contribution in [2.45, 2.75) is 32.1 Å². The van der Waals surface area contributed by atoms with Crippen molar-refractivity contribution in [2.24, 2.45) is 0 Å². The fourth-order valence-corrected chi connectivity index (χ4v) is 2.85. The maximum atomic E-state index is 12.0. The fourth-order valence-electron chi connectivity index (χ4n) is 1.93. The van der Waals surface area contributed by atoms with Gasteiger partial charge in [0.1, 0.15) is 5.01 Å². The molecule has 1 aliphatic carbocycles.